The zero-order valence-electron chi connectivity index (χ0n) is 12.0. The molecule has 20 heavy (non-hydrogen) atoms. The topological polar surface area (TPSA) is 119 Å². The largest absolute Gasteiger partial charge is 0.480 e. The van der Waals surface area contributed by atoms with Gasteiger partial charge >= 0.3 is 5.97 Å². The molecule has 0 aromatic carbocycles. The highest BCUT2D eigenvalue weighted by Gasteiger charge is 2.27. The lowest BCUT2D eigenvalue weighted by molar-refractivity contribution is -0.142. The highest BCUT2D eigenvalue weighted by Crippen LogP contribution is 2.05. The molecule has 0 aliphatic heterocycles. The van der Waals surface area contributed by atoms with E-state index in [2.05, 4.69) is 10.6 Å². The maximum Gasteiger partial charge on any atom is 0.326 e. The first-order valence-electron chi connectivity index (χ1n) is 6.46. The van der Waals surface area contributed by atoms with Crippen LogP contribution in [0.4, 0.5) is 0 Å². The van der Waals surface area contributed by atoms with Gasteiger partial charge in [0.1, 0.15) is 12.1 Å². The van der Waals surface area contributed by atoms with Gasteiger partial charge < -0.3 is 15.7 Å². The second-order valence-corrected chi connectivity index (χ2v) is 4.87. The minimum absolute atomic E-state index is 0.160. The number of nitriles is 1. The van der Waals surface area contributed by atoms with Crippen LogP contribution >= 0.6 is 0 Å². The normalized spacial score (nSPS) is 13.2. The molecule has 0 rings (SSSR count). The maximum absolute atomic E-state index is 12.0. The summed E-state index contributed by atoms with van der Waals surface area (Å²) in [5.41, 5.74) is 0. The van der Waals surface area contributed by atoms with Crippen LogP contribution in [-0.4, -0.2) is 35.0 Å². The lowest BCUT2D eigenvalue weighted by Crippen LogP contribution is -2.53. The molecule has 0 aromatic heterocycles. The van der Waals surface area contributed by atoms with Gasteiger partial charge in [-0.3, -0.25) is 9.59 Å². The fourth-order valence-corrected chi connectivity index (χ4v) is 1.66. The first kappa shape index (κ1) is 17.9. The number of carboxylic acid groups (broad SMARTS) is 1. The molecule has 0 aliphatic carbocycles. The van der Waals surface area contributed by atoms with E-state index in [-0.39, 0.29) is 24.7 Å². The number of carbonyl (C=O) groups excluding carboxylic acids is 2. The zero-order chi connectivity index (χ0) is 15.7. The number of hydrogen-bond donors (Lipinski definition) is 3. The van der Waals surface area contributed by atoms with Gasteiger partial charge in [0.25, 0.3) is 0 Å². The van der Waals surface area contributed by atoms with Crippen molar-refractivity contribution in [2.24, 2.45) is 5.92 Å². The molecule has 2 atom stereocenters. The van der Waals surface area contributed by atoms with Crippen LogP contribution in [0.25, 0.3) is 0 Å². The number of nitrogens with one attached hydrogen (secondary N) is 2. The van der Waals surface area contributed by atoms with Crippen LogP contribution in [0, 0.1) is 17.2 Å². The molecule has 0 aromatic rings. The quantitative estimate of drug-likeness (QED) is 0.557. The van der Waals surface area contributed by atoms with Gasteiger partial charge in [-0.25, -0.2) is 4.79 Å². The van der Waals surface area contributed by atoms with E-state index in [1.165, 1.54) is 6.92 Å². The highest BCUT2D eigenvalue weighted by atomic mass is 16.4. The van der Waals surface area contributed by atoms with E-state index in [4.69, 9.17) is 10.4 Å². The van der Waals surface area contributed by atoms with Gasteiger partial charge in [-0.05, 0) is 18.8 Å². The molecular weight excluding hydrogens is 262 g/mol. The molecule has 7 heteroatoms. The number of hydrogen-bond acceptors (Lipinski definition) is 4. The van der Waals surface area contributed by atoms with Crippen molar-refractivity contribution in [3.8, 4) is 6.07 Å². The van der Waals surface area contributed by atoms with Crippen LogP contribution in [0.15, 0.2) is 0 Å². The van der Waals surface area contributed by atoms with Crippen LogP contribution in [0.1, 0.15) is 40.0 Å². The van der Waals surface area contributed by atoms with E-state index in [1.54, 1.807) is 13.8 Å². The van der Waals surface area contributed by atoms with Crippen molar-refractivity contribution in [3.63, 3.8) is 0 Å². The summed E-state index contributed by atoms with van der Waals surface area (Å²) in [7, 11) is 0. The number of rotatable bonds is 8. The van der Waals surface area contributed by atoms with E-state index in [0.717, 1.165) is 0 Å². The summed E-state index contributed by atoms with van der Waals surface area (Å²) in [4.78, 5) is 34.1. The minimum Gasteiger partial charge on any atom is -0.480 e. The number of amides is 2. The van der Waals surface area contributed by atoms with Crippen LogP contribution in [0.5, 0.6) is 0 Å². The second-order valence-electron chi connectivity index (χ2n) is 4.87. The summed E-state index contributed by atoms with van der Waals surface area (Å²) < 4.78 is 0. The van der Waals surface area contributed by atoms with Gasteiger partial charge in [0.2, 0.25) is 11.8 Å². The fourth-order valence-electron chi connectivity index (χ4n) is 1.66. The van der Waals surface area contributed by atoms with Crippen LogP contribution in [-0.2, 0) is 14.4 Å². The van der Waals surface area contributed by atoms with Gasteiger partial charge in [-0.2, -0.15) is 5.26 Å². The summed E-state index contributed by atoms with van der Waals surface area (Å²) in [6, 6.07) is 0.0968. The smallest absolute Gasteiger partial charge is 0.326 e. The van der Waals surface area contributed by atoms with Crippen LogP contribution < -0.4 is 10.6 Å². The lowest BCUT2D eigenvalue weighted by Gasteiger charge is -2.23. The molecule has 0 saturated carbocycles. The standard InChI is InChI=1S/C13H21N3O4/c1-8(2)11(15-9(3)17)12(18)16-10(13(19)20)6-4-5-7-14/h8,10-11H,4-6H2,1-3H3,(H,15,17)(H,16,18)(H,19,20)/t10-,11-/m1/s1. The van der Waals surface area contributed by atoms with Crippen LogP contribution in [0.2, 0.25) is 0 Å². The third kappa shape index (κ3) is 6.73. The molecular formula is C13H21N3O4. The number of aliphatic carboxylic acids is 1. The monoisotopic (exact) mass is 283 g/mol. The summed E-state index contributed by atoms with van der Waals surface area (Å²) >= 11 is 0. The molecule has 0 fully saturated rings. The van der Waals surface area contributed by atoms with E-state index in [1.807, 2.05) is 6.07 Å². The summed E-state index contributed by atoms with van der Waals surface area (Å²) in [6.07, 6.45) is 0.804. The summed E-state index contributed by atoms with van der Waals surface area (Å²) in [6.45, 7) is 4.81. The predicted molar refractivity (Wildman–Crippen MR) is 71.5 cm³/mol. The average Bonchev–Trinajstić information content (AvgIpc) is 2.33. The van der Waals surface area contributed by atoms with Crippen molar-refractivity contribution < 1.29 is 19.5 Å². The van der Waals surface area contributed by atoms with Gasteiger partial charge in [0.05, 0.1) is 6.07 Å². The third-order valence-corrected chi connectivity index (χ3v) is 2.70. The van der Waals surface area contributed by atoms with Crippen molar-refractivity contribution in [3.05, 3.63) is 0 Å². The Morgan fingerprint density at radius 2 is 1.85 bits per heavy atom. The average molecular weight is 283 g/mol. The number of carboxylic acids is 1. The molecule has 0 bridgehead atoms. The molecule has 0 heterocycles. The van der Waals surface area contributed by atoms with E-state index in [9.17, 15) is 14.4 Å². The number of unbranched alkanes of at least 4 members (excludes halogenated alkanes) is 1. The Morgan fingerprint density at radius 1 is 1.25 bits per heavy atom. The number of carbonyl (C=O) groups is 3. The lowest BCUT2D eigenvalue weighted by atomic mass is 10.0. The fraction of sp³-hybridized carbons (Fsp3) is 0.692. The second kappa shape index (κ2) is 8.91. The molecule has 2 amide bonds. The van der Waals surface area contributed by atoms with Gasteiger partial charge in [0.15, 0.2) is 0 Å². The number of nitrogens with zero attached hydrogens (tertiary/aromatic N) is 1. The van der Waals surface area contributed by atoms with Crippen LogP contribution in [0.3, 0.4) is 0 Å². The Hall–Kier alpha value is -2.10. The molecule has 0 aliphatic rings. The Balaban J connectivity index is 4.66. The first-order chi connectivity index (χ1) is 9.29. The van der Waals surface area contributed by atoms with Crippen molar-refractivity contribution in [1.29, 1.82) is 5.26 Å². The Bertz CT molecular complexity index is 401. The SMILES string of the molecule is CC(=O)N[C@@H](C(=O)N[C@H](CCCC#N)C(=O)O)C(C)C. The van der Waals surface area contributed by atoms with Crippen molar-refractivity contribution in [2.45, 2.75) is 52.1 Å². The minimum atomic E-state index is -1.15. The van der Waals surface area contributed by atoms with Crippen molar-refractivity contribution in [1.82, 2.24) is 10.6 Å². The Morgan fingerprint density at radius 3 is 2.25 bits per heavy atom. The van der Waals surface area contributed by atoms with Gasteiger partial charge in [-0.15, -0.1) is 0 Å². The summed E-state index contributed by atoms with van der Waals surface area (Å²) in [5.74, 6) is -2.19. The zero-order valence-corrected chi connectivity index (χ0v) is 12.0. The molecule has 112 valence electrons. The first-order valence-corrected chi connectivity index (χ1v) is 6.46. The highest BCUT2D eigenvalue weighted by molar-refractivity contribution is 5.90. The van der Waals surface area contributed by atoms with E-state index < -0.39 is 24.0 Å². The molecule has 0 unspecified atom stereocenters. The summed E-state index contributed by atoms with van der Waals surface area (Å²) in [5, 5.41) is 22.4. The van der Waals surface area contributed by atoms with E-state index >= 15 is 0 Å². The van der Waals surface area contributed by atoms with Crippen molar-refractivity contribution >= 4 is 17.8 Å². The maximum atomic E-state index is 12.0. The molecule has 0 radical (unpaired) electrons. The third-order valence-electron chi connectivity index (χ3n) is 2.70. The van der Waals surface area contributed by atoms with Gasteiger partial charge in [-0.1, -0.05) is 13.8 Å². The van der Waals surface area contributed by atoms with Crippen molar-refractivity contribution in [2.75, 3.05) is 0 Å². The molecule has 0 saturated heterocycles. The molecule has 3 N–H and O–H groups in total. The molecule has 7 nitrogen and oxygen atoms in total. The van der Waals surface area contributed by atoms with Gasteiger partial charge in [0, 0.05) is 13.3 Å². The Kier molecular flexibility index (Phi) is 7.97. The Labute approximate surface area is 118 Å². The van der Waals surface area contributed by atoms with E-state index in [0.29, 0.717) is 6.42 Å². The predicted octanol–water partition coefficient (Wildman–Crippen LogP) is 0.410. The molecule has 0 spiro atoms.